The van der Waals surface area contributed by atoms with Gasteiger partial charge in [0.25, 0.3) is 0 Å². The van der Waals surface area contributed by atoms with Gasteiger partial charge in [-0.1, -0.05) is 35.3 Å². The maximum atomic E-state index is 13.5. The van der Waals surface area contributed by atoms with E-state index in [-0.39, 0.29) is 5.56 Å². The fourth-order valence-corrected chi connectivity index (χ4v) is 2.17. The fraction of sp³-hybridized carbons (Fsp3) is 0.133. The molecule has 0 atom stereocenters. The summed E-state index contributed by atoms with van der Waals surface area (Å²) in [7, 11) is 1.20. The van der Waals surface area contributed by atoms with Gasteiger partial charge in [-0.25, -0.2) is 9.18 Å². The SMILES string of the molecule is COC(=O)c1cc(NCc2cccc(Cl)c2Cl)ccc1F. The van der Waals surface area contributed by atoms with Gasteiger partial charge in [0.2, 0.25) is 0 Å². The maximum absolute atomic E-state index is 13.5. The predicted molar refractivity (Wildman–Crippen MR) is 81.5 cm³/mol. The standard InChI is InChI=1S/C15H12Cl2FNO2/c1-21-15(20)11-7-10(5-6-13(11)18)19-8-9-3-2-4-12(16)14(9)17/h2-7,19H,8H2,1H3. The maximum Gasteiger partial charge on any atom is 0.340 e. The zero-order valence-electron chi connectivity index (χ0n) is 11.1. The van der Waals surface area contributed by atoms with E-state index in [1.807, 2.05) is 6.07 Å². The van der Waals surface area contributed by atoms with Crippen LogP contribution in [0.5, 0.6) is 0 Å². The molecule has 2 aromatic carbocycles. The number of rotatable bonds is 4. The van der Waals surface area contributed by atoms with Crippen LogP contribution < -0.4 is 5.32 Å². The number of carbonyl (C=O) groups excluding carboxylic acids is 1. The molecule has 0 aliphatic rings. The molecule has 2 rings (SSSR count). The van der Waals surface area contributed by atoms with Gasteiger partial charge in [0.15, 0.2) is 0 Å². The lowest BCUT2D eigenvalue weighted by molar-refractivity contribution is 0.0595. The quantitative estimate of drug-likeness (QED) is 0.838. The number of nitrogens with one attached hydrogen (secondary N) is 1. The first-order chi connectivity index (χ1) is 10.0. The van der Waals surface area contributed by atoms with Crippen LogP contribution in [0.25, 0.3) is 0 Å². The Morgan fingerprint density at radius 2 is 2.05 bits per heavy atom. The summed E-state index contributed by atoms with van der Waals surface area (Å²) in [5, 5.41) is 3.98. The number of ether oxygens (including phenoxy) is 1. The number of anilines is 1. The van der Waals surface area contributed by atoms with E-state index >= 15 is 0 Å². The molecule has 0 aliphatic heterocycles. The largest absolute Gasteiger partial charge is 0.465 e. The minimum Gasteiger partial charge on any atom is -0.465 e. The van der Waals surface area contributed by atoms with Crippen molar-refractivity contribution in [1.82, 2.24) is 0 Å². The van der Waals surface area contributed by atoms with E-state index in [0.29, 0.717) is 22.3 Å². The van der Waals surface area contributed by atoms with Crippen molar-refractivity contribution < 1.29 is 13.9 Å². The highest BCUT2D eigenvalue weighted by Gasteiger charge is 2.13. The van der Waals surface area contributed by atoms with Gasteiger partial charge < -0.3 is 10.1 Å². The van der Waals surface area contributed by atoms with E-state index in [9.17, 15) is 9.18 Å². The summed E-state index contributed by atoms with van der Waals surface area (Å²) in [5.41, 5.74) is 1.25. The molecule has 0 saturated carbocycles. The third-order valence-corrected chi connectivity index (χ3v) is 3.74. The van der Waals surface area contributed by atoms with Crippen LogP contribution in [0, 0.1) is 5.82 Å². The van der Waals surface area contributed by atoms with Gasteiger partial charge in [-0.2, -0.15) is 0 Å². The highest BCUT2D eigenvalue weighted by atomic mass is 35.5. The van der Waals surface area contributed by atoms with Crippen molar-refractivity contribution in [2.24, 2.45) is 0 Å². The first kappa shape index (κ1) is 15.6. The summed E-state index contributed by atoms with van der Waals surface area (Å²) in [5.74, 6) is -1.36. The van der Waals surface area contributed by atoms with Crippen molar-refractivity contribution in [3.8, 4) is 0 Å². The molecule has 0 aliphatic carbocycles. The van der Waals surface area contributed by atoms with Crippen LogP contribution >= 0.6 is 23.2 Å². The van der Waals surface area contributed by atoms with E-state index < -0.39 is 11.8 Å². The molecule has 21 heavy (non-hydrogen) atoms. The molecule has 0 aromatic heterocycles. The van der Waals surface area contributed by atoms with Crippen LogP contribution in [0.1, 0.15) is 15.9 Å². The van der Waals surface area contributed by atoms with Gasteiger partial charge >= 0.3 is 5.97 Å². The van der Waals surface area contributed by atoms with Crippen LogP contribution in [0.2, 0.25) is 10.0 Å². The van der Waals surface area contributed by atoms with Gasteiger partial charge in [0.1, 0.15) is 5.82 Å². The van der Waals surface area contributed by atoms with Gasteiger partial charge in [-0.05, 0) is 29.8 Å². The van der Waals surface area contributed by atoms with Crippen LogP contribution in [-0.2, 0) is 11.3 Å². The van der Waals surface area contributed by atoms with E-state index in [2.05, 4.69) is 10.1 Å². The highest BCUT2D eigenvalue weighted by molar-refractivity contribution is 6.42. The molecule has 0 unspecified atom stereocenters. The molecule has 1 N–H and O–H groups in total. The molecule has 0 spiro atoms. The lowest BCUT2D eigenvalue weighted by Gasteiger charge is -2.10. The third-order valence-electron chi connectivity index (χ3n) is 2.89. The normalized spacial score (nSPS) is 10.3. The molecule has 110 valence electrons. The van der Waals surface area contributed by atoms with Gasteiger partial charge in [0, 0.05) is 12.2 Å². The molecule has 0 heterocycles. The molecule has 0 radical (unpaired) electrons. The van der Waals surface area contributed by atoms with E-state index in [1.165, 1.54) is 25.3 Å². The van der Waals surface area contributed by atoms with Gasteiger partial charge in [-0.15, -0.1) is 0 Å². The zero-order chi connectivity index (χ0) is 15.4. The number of hydrogen-bond acceptors (Lipinski definition) is 3. The Morgan fingerprint density at radius 1 is 1.29 bits per heavy atom. The molecular weight excluding hydrogens is 316 g/mol. The van der Waals surface area contributed by atoms with Crippen molar-refractivity contribution in [2.75, 3.05) is 12.4 Å². The average molecular weight is 328 g/mol. The smallest absolute Gasteiger partial charge is 0.340 e. The van der Waals surface area contributed by atoms with Crippen molar-refractivity contribution in [2.45, 2.75) is 6.54 Å². The highest BCUT2D eigenvalue weighted by Crippen LogP contribution is 2.26. The molecular formula is C15H12Cl2FNO2. The van der Waals surface area contributed by atoms with Crippen molar-refractivity contribution in [3.05, 3.63) is 63.4 Å². The van der Waals surface area contributed by atoms with Crippen LogP contribution in [0.15, 0.2) is 36.4 Å². The molecule has 0 bridgehead atoms. The number of esters is 1. The Morgan fingerprint density at radius 3 is 2.76 bits per heavy atom. The number of methoxy groups -OCH3 is 1. The predicted octanol–water partition coefficient (Wildman–Crippen LogP) is 4.53. The molecule has 6 heteroatoms. The van der Waals surface area contributed by atoms with Crippen LogP contribution in [-0.4, -0.2) is 13.1 Å². The van der Waals surface area contributed by atoms with Crippen molar-refractivity contribution in [1.29, 1.82) is 0 Å². The first-order valence-corrected chi connectivity index (χ1v) is 6.83. The summed E-state index contributed by atoms with van der Waals surface area (Å²) in [6.45, 7) is 0.394. The Bertz CT molecular complexity index is 677. The molecule has 2 aromatic rings. The molecule has 0 amide bonds. The van der Waals surface area contributed by atoms with Crippen LogP contribution in [0.4, 0.5) is 10.1 Å². The zero-order valence-corrected chi connectivity index (χ0v) is 12.6. The van der Waals surface area contributed by atoms with E-state index in [4.69, 9.17) is 23.2 Å². The number of benzene rings is 2. The number of halogens is 3. The Hall–Kier alpha value is -1.78. The number of carbonyl (C=O) groups is 1. The second-order valence-corrected chi connectivity index (χ2v) is 5.04. The Labute approximate surface area is 131 Å². The fourth-order valence-electron chi connectivity index (χ4n) is 1.78. The summed E-state index contributed by atoms with van der Waals surface area (Å²) < 4.78 is 18.0. The second-order valence-electron chi connectivity index (χ2n) is 4.25. The van der Waals surface area contributed by atoms with Crippen LogP contribution in [0.3, 0.4) is 0 Å². The van der Waals surface area contributed by atoms with Gasteiger partial charge in [-0.3, -0.25) is 0 Å². The van der Waals surface area contributed by atoms with Crippen molar-refractivity contribution >= 4 is 34.9 Å². The minimum atomic E-state index is -0.725. The summed E-state index contributed by atoms with van der Waals surface area (Å²) in [6, 6.07) is 9.43. The first-order valence-electron chi connectivity index (χ1n) is 6.07. The Kier molecular flexibility index (Phi) is 5.04. The van der Waals surface area contributed by atoms with E-state index in [0.717, 1.165) is 5.56 Å². The second kappa shape index (κ2) is 6.78. The molecule has 0 fully saturated rings. The monoisotopic (exact) mass is 327 g/mol. The molecule has 3 nitrogen and oxygen atoms in total. The topological polar surface area (TPSA) is 38.3 Å². The van der Waals surface area contributed by atoms with E-state index in [1.54, 1.807) is 12.1 Å². The lowest BCUT2D eigenvalue weighted by atomic mass is 10.1. The average Bonchev–Trinajstić information content (AvgIpc) is 2.49. The minimum absolute atomic E-state index is 0.125. The lowest BCUT2D eigenvalue weighted by Crippen LogP contribution is -2.06. The number of hydrogen-bond donors (Lipinski definition) is 1. The van der Waals surface area contributed by atoms with Crippen molar-refractivity contribution in [3.63, 3.8) is 0 Å². The summed E-state index contributed by atoms with van der Waals surface area (Å²) >= 11 is 12.0. The van der Waals surface area contributed by atoms with Gasteiger partial charge in [0.05, 0.1) is 22.7 Å². The summed E-state index contributed by atoms with van der Waals surface area (Å²) in [6.07, 6.45) is 0. The molecule has 0 saturated heterocycles. The third kappa shape index (κ3) is 3.65. The Balaban J connectivity index is 2.17. The summed E-state index contributed by atoms with van der Waals surface area (Å²) in [4.78, 5) is 11.4.